The summed E-state index contributed by atoms with van der Waals surface area (Å²) in [7, 11) is 1.60. The van der Waals surface area contributed by atoms with Crippen LogP contribution in [0.25, 0.3) is 0 Å². The maximum atomic E-state index is 12.4. The minimum Gasteiger partial charge on any atom is -0.497 e. The van der Waals surface area contributed by atoms with E-state index in [1.54, 1.807) is 19.2 Å². The molecule has 0 spiro atoms. The van der Waals surface area contributed by atoms with E-state index in [0.717, 1.165) is 38.9 Å². The number of methoxy groups -OCH3 is 1. The third kappa shape index (κ3) is 5.43. The minimum atomic E-state index is -0.0727. The van der Waals surface area contributed by atoms with Crippen molar-refractivity contribution in [1.29, 1.82) is 0 Å². The van der Waals surface area contributed by atoms with E-state index in [4.69, 9.17) is 9.47 Å². The quantitative estimate of drug-likeness (QED) is 0.811. The Hall–Kier alpha value is -1.75. The summed E-state index contributed by atoms with van der Waals surface area (Å²) >= 11 is 0. The molecule has 1 heterocycles. The molecule has 0 aromatic heterocycles. The fraction of sp³-hybridized carbons (Fsp3) is 0.611. The molecule has 1 aromatic carbocycles. The van der Waals surface area contributed by atoms with Gasteiger partial charge in [0.1, 0.15) is 11.5 Å². The van der Waals surface area contributed by atoms with Crippen molar-refractivity contribution in [2.75, 3.05) is 26.7 Å². The zero-order valence-corrected chi connectivity index (χ0v) is 14.4. The predicted molar refractivity (Wildman–Crippen MR) is 91.3 cm³/mol. The zero-order valence-electron chi connectivity index (χ0n) is 14.4. The first-order valence-electron chi connectivity index (χ1n) is 8.47. The maximum Gasteiger partial charge on any atom is 0.251 e. The van der Waals surface area contributed by atoms with E-state index < -0.39 is 0 Å². The van der Waals surface area contributed by atoms with Gasteiger partial charge in [0.2, 0.25) is 0 Å². The molecule has 0 radical (unpaired) electrons. The molecule has 1 unspecified atom stereocenters. The van der Waals surface area contributed by atoms with Crippen LogP contribution in [0.4, 0.5) is 0 Å². The highest BCUT2D eigenvalue weighted by atomic mass is 16.5. The number of piperidine rings is 1. The van der Waals surface area contributed by atoms with E-state index in [1.165, 1.54) is 0 Å². The van der Waals surface area contributed by atoms with Crippen molar-refractivity contribution in [1.82, 2.24) is 10.6 Å². The number of hydrogen-bond donors (Lipinski definition) is 2. The topological polar surface area (TPSA) is 59.6 Å². The van der Waals surface area contributed by atoms with Gasteiger partial charge in [-0.3, -0.25) is 4.79 Å². The largest absolute Gasteiger partial charge is 0.497 e. The van der Waals surface area contributed by atoms with Gasteiger partial charge in [-0.2, -0.15) is 0 Å². The Morgan fingerprint density at radius 3 is 2.65 bits per heavy atom. The van der Waals surface area contributed by atoms with Gasteiger partial charge in [0.25, 0.3) is 5.91 Å². The van der Waals surface area contributed by atoms with Gasteiger partial charge >= 0.3 is 0 Å². The van der Waals surface area contributed by atoms with Crippen molar-refractivity contribution < 1.29 is 14.3 Å². The monoisotopic (exact) mass is 320 g/mol. The lowest BCUT2D eigenvalue weighted by atomic mass is 9.98. The van der Waals surface area contributed by atoms with E-state index in [1.807, 2.05) is 13.0 Å². The smallest absolute Gasteiger partial charge is 0.251 e. The highest BCUT2D eigenvalue weighted by Crippen LogP contribution is 2.24. The Labute approximate surface area is 138 Å². The van der Waals surface area contributed by atoms with Crippen LogP contribution >= 0.6 is 0 Å². The summed E-state index contributed by atoms with van der Waals surface area (Å²) in [6.45, 7) is 6.87. The van der Waals surface area contributed by atoms with Crippen LogP contribution in [0, 0.1) is 5.92 Å². The molecule has 1 saturated heterocycles. The molecule has 128 valence electrons. The molecule has 2 rings (SSSR count). The highest BCUT2D eigenvalue weighted by molar-refractivity contribution is 5.95. The van der Waals surface area contributed by atoms with Crippen LogP contribution in [-0.4, -0.2) is 38.8 Å². The molecule has 1 aromatic rings. The fourth-order valence-corrected chi connectivity index (χ4v) is 2.63. The lowest BCUT2D eigenvalue weighted by Gasteiger charge is -2.22. The van der Waals surface area contributed by atoms with Crippen LogP contribution in [-0.2, 0) is 0 Å². The number of carbonyl (C=O) groups excluding carboxylic acids is 1. The Morgan fingerprint density at radius 2 is 2.00 bits per heavy atom. The van der Waals surface area contributed by atoms with Crippen LogP contribution in [0.5, 0.6) is 11.5 Å². The number of ether oxygens (including phenoxy) is 2. The zero-order chi connectivity index (χ0) is 16.7. The number of amides is 1. The number of benzene rings is 1. The summed E-state index contributed by atoms with van der Waals surface area (Å²) in [4.78, 5) is 12.4. The van der Waals surface area contributed by atoms with Crippen LogP contribution < -0.4 is 20.1 Å². The van der Waals surface area contributed by atoms with Crippen molar-refractivity contribution in [2.24, 2.45) is 5.92 Å². The molecule has 1 amide bonds. The standard InChI is InChI=1S/C18H28N2O3/c1-4-13(2)23-17-10-15(9-16(11-17)22-3)18(21)20-12-14-5-7-19-8-6-14/h9-11,13-14,19H,4-8,12H2,1-3H3,(H,20,21). The van der Waals surface area contributed by atoms with Crippen LogP contribution in [0.15, 0.2) is 18.2 Å². The van der Waals surface area contributed by atoms with E-state index in [0.29, 0.717) is 23.0 Å². The number of nitrogens with one attached hydrogen (secondary N) is 2. The molecule has 5 nitrogen and oxygen atoms in total. The highest BCUT2D eigenvalue weighted by Gasteiger charge is 2.16. The van der Waals surface area contributed by atoms with Crippen LogP contribution in [0.1, 0.15) is 43.5 Å². The average molecular weight is 320 g/mol. The molecule has 0 aliphatic carbocycles. The minimum absolute atomic E-state index is 0.0727. The molecular weight excluding hydrogens is 292 g/mol. The van der Waals surface area contributed by atoms with E-state index >= 15 is 0 Å². The van der Waals surface area contributed by atoms with Crippen molar-refractivity contribution in [3.05, 3.63) is 23.8 Å². The second-order valence-electron chi connectivity index (χ2n) is 6.14. The summed E-state index contributed by atoms with van der Waals surface area (Å²) in [6, 6.07) is 5.35. The SMILES string of the molecule is CCC(C)Oc1cc(OC)cc(C(=O)NCC2CCNCC2)c1. The van der Waals surface area contributed by atoms with Crippen molar-refractivity contribution in [2.45, 2.75) is 39.2 Å². The van der Waals surface area contributed by atoms with Gasteiger partial charge < -0.3 is 20.1 Å². The first kappa shape index (κ1) is 17.6. The molecule has 2 N–H and O–H groups in total. The normalized spacial score (nSPS) is 16.7. The second-order valence-corrected chi connectivity index (χ2v) is 6.14. The first-order valence-corrected chi connectivity index (χ1v) is 8.47. The van der Waals surface area contributed by atoms with Crippen LogP contribution in [0.2, 0.25) is 0 Å². The molecule has 0 saturated carbocycles. The summed E-state index contributed by atoms with van der Waals surface area (Å²) in [5, 5.41) is 6.37. The van der Waals surface area contributed by atoms with Gasteiger partial charge in [-0.25, -0.2) is 0 Å². The van der Waals surface area contributed by atoms with Gasteiger partial charge in [0.05, 0.1) is 13.2 Å². The Bertz CT molecular complexity index is 513. The van der Waals surface area contributed by atoms with E-state index in [2.05, 4.69) is 17.6 Å². The second kappa shape index (κ2) is 8.77. The van der Waals surface area contributed by atoms with Gasteiger partial charge in [-0.1, -0.05) is 6.92 Å². The molecule has 23 heavy (non-hydrogen) atoms. The van der Waals surface area contributed by atoms with Gasteiger partial charge in [-0.05, 0) is 57.3 Å². The van der Waals surface area contributed by atoms with Gasteiger partial charge in [0.15, 0.2) is 0 Å². The Morgan fingerprint density at radius 1 is 1.30 bits per heavy atom. The molecule has 1 atom stereocenters. The lowest BCUT2D eigenvalue weighted by Crippen LogP contribution is -2.36. The molecule has 5 heteroatoms. The fourth-order valence-electron chi connectivity index (χ4n) is 2.63. The first-order chi connectivity index (χ1) is 11.1. The molecule has 0 bridgehead atoms. The Kier molecular flexibility index (Phi) is 6.71. The summed E-state index contributed by atoms with van der Waals surface area (Å²) in [5.41, 5.74) is 0.580. The lowest BCUT2D eigenvalue weighted by molar-refractivity contribution is 0.0943. The van der Waals surface area contributed by atoms with E-state index in [-0.39, 0.29) is 12.0 Å². The van der Waals surface area contributed by atoms with Crippen molar-refractivity contribution in [3.63, 3.8) is 0 Å². The predicted octanol–water partition coefficient (Wildman–Crippen LogP) is 2.60. The summed E-state index contributed by atoms with van der Waals surface area (Å²) in [5.74, 6) is 1.79. The molecule has 1 aliphatic rings. The third-order valence-corrected chi connectivity index (χ3v) is 4.30. The average Bonchev–Trinajstić information content (AvgIpc) is 2.60. The summed E-state index contributed by atoms with van der Waals surface area (Å²) in [6.07, 6.45) is 3.24. The number of rotatable bonds is 7. The van der Waals surface area contributed by atoms with Gasteiger partial charge in [-0.15, -0.1) is 0 Å². The maximum absolute atomic E-state index is 12.4. The Balaban J connectivity index is 2.01. The van der Waals surface area contributed by atoms with E-state index in [9.17, 15) is 4.79 Å². The third-order valence-electron chi connectivity index (χ3n) is 4.30. The molecule has 1 fully saturated rings. The summed E-state index contributed by atoms with van der Waals surface area (Å²) < 4.78 is 11.1. The van der Waals surface area contributed by atoms with Gasteiger partial charge in [0, 0.05) is 18.2 Å². The van der Waals surface area contributed by atoms with Crippen LogP contribution in [0.3, 0.4) is 0 Å². The molecule has 1 aliphatic heterocycles. The molecular formula is C18H28N2O3. The van der Waals surface area contributed by atoms with Crippen molar-refractivity contribution in [3.8, 4) is 11.5 Å². The number of hydrogen-bond acceptors (Lipinski definition) is 4. The number of carbonyl (C=O) groups is 1. The van der Waals surface area contributed by atoms with Crippen molar-refractivity contribution >= 4 is 5.91 Å².